The first-order chi connectivity index (χ1) is 9.65. The number of ether oxygens (including phenoxy) is 1. The summed E-state index contributed by atoms with van der Waals surface area (Å²) in [6, 6.07) is 9.23. The van der Waals surface area contributed by atoms with Crippen molar-refractivity contribution < 1.29 is 9.15 Å². The minimum absolute atomic E-state index is 0.0779. The van der Waals surface area contributed by atoms with Crippen LogP contribution < -0.4 is 10.1 Å². The number of halogens is 2. The van der Waals surface area contributed by atoms with Gasteiger partial charge in [-0.25, -0.2) is 0 Å². The van der Waals surface area contributed by atoms with Gasteiger partial charge in [0.05, 0.1) is 18.2 Å². The molecule has 0 aliphatic rings. The van der Waals surface area contributed by atoms with Crippen LogP contribution in [0.5, 0.6) is 5.75 Å². The van der Waals surface area contributed by atoms with Crippen LogP contribution in [-0.4, -0.2) is 13.7 Å². The fourth-order valence-electron chi connectivity index (χ4n) is 2.02. The molecule has 0 amide bonds. The highest BCUT2D eigenvalue weighted by molar-refractivity contribution is 6.32. The molecular formula is C15H17Cl2NO2. The van der Waals surface area contributed by atoms with Gasteiger partial charge in [-0.05, 0) is 54.4 Å². The number of furan rings is 1. The maximum absolute atomic E-state index is 6.19. The van der Waals surface area contributed by atoms with E-state index in [2.05, 4.69) is 12.2 Å². The molecule has 1 N–H and O–H groups in total. The van der Waals surface area contributed by atoms with Gasteiger partial charge in [0.25, 0.3) is 0 Å². The lowest BCUT2D eigenvalue weighted by Gasteiger charge is -2.17. The lowest BCUT2D eigenvalue weighted by molar-refractivity contribution is 0.414. The molecule has 1 unspecified atom stereocenters. The topological polar surface area (TPSA) is 34.4 Å². The maximum atomic E-state index is 6.19. The molecule has 0 radical (unpaired) electrons. The normalized spacial score (nSPS) is 12.4. The summed E-state index contributed by atoms with van der Waals surface area (Å²) in [6.45, 7) is 2.98. The average Bonchev–Trinajstić information content (AvgIpc) is 2.86. The first-order valence-corrected chi connectivity index (χ1v) is 7.23. The summed E-state index contributed by atoms with van der Waals surface area (Å²) in [4.78, 5) is 0. The Morgan fingerprint density at radius 2 is 2.05 bits per heavy atom. The van der Waals surface area contributed by atoms with Crippen molar-refractivity contribution in [1.82, 2.24) is 5.32 Å². The lowest BCUT2D eigenvalue weighted by atomic mass is 10.0. The molecule has 0 spiro atoms. The van der Waals surface area contributed by atoms with Gasteiger partial charge >= 0.3 is 0 Å². The Hall–Kier alpha value is -1.16. The summed E-state index contributed by atoms with van der Waals surface area (Å²) in [5.74, 6) is 1.42. The average molecular weight is 314 g/mol. The van der Waals surface area contributed by atoms with Crippen LogP contribution in [0.3, 0.4) is 0 Å². The van der Waals surface area contributed by atoms with Crippen molar-refractivity contribution >= 4 is 23.2 Å². The van der Waals surface area contributed by atoms with Crippen LogP contribution in [0.4, 0.5) is 0 Å². The monoisotopic (exact) mass is 313 g/mol. The van der Waals surface area contributed by atoms with Gasteiger partial charge in [0.2, 0.25) is 0 Å². The van der Waals surface area contributed by atoms with Crippen LogP contribution >= 0.6 is 23.2 Å². The maximum Gasteiger partial charge on any atom is 0.193 e. The largest absolute Gasteiger partial charge is 0.495 e. The second-order valence-electron chi connectivity index (χ2n) is 4.42. The molecule has 1 aromatic carbocycles. The summed E-state index contributed by atoms with van der Waals surface area (Å²) in [5.41, 5.74) is 1.01. The first kappa shape index (κ1) is 15.2. The molecule has 0 aliphatic heterocycles. The van der Waals surface area contributed by atoms with E-state index < -0.39 is 0 Å². The van der Waals surface area contributed by atoms with E-state index in [0.717, 1.165) is 24.3 Å². The SMILES string of the molecule is CCCNC(c1ccc(OC)c(Cl)c1)c1ccc(Cl)o1. The summed E-state index contributed by atoms with van der Waals surface area (Å²) < 4.78 is 10.7. The minimum Gasteiger partial charge on any atom is -0.495 e. The molecule has 1 aromatic heterocycles. The molecule has 0 bridgehead atoms. The summed E-state index contributed by atoms with van der Waals surface area (Å²) in [7, 11) is 1.60. The fourth-order valence-corrected chi connectivity index (χ4v) is 2.44. The molecule has 5 heteroatoms. The Balaban J connectivity index is 2.33. The Morgan fingerprint density at radius 3 is 2.60 bits per heavy atom. The number of methoxy groups -OCH3 is 1. The van der Waals surface area contributed by atoms with Gasteiger partial charge in [0.1, 0.15) is 11.5 Å². The molecular weight excluding hydrogens is 297 g/mol. The Bertz CT molecular complexity index is 569. The van der Waals surface area contributed by atoms with Crippen molar-refractivity contribution in [2.75, 3.05) is 13.7 Å². The smallest absolute Gasteiger partial charge is 0.193 e. The molecule has 1 atom stereocenters. The van der Waals surface area contributed by atoms with Crippen LogP contribution in [0, 0.1) is 0 Å². The highest BCUT2D eigenvalue weighted by Crippen LogP contribution is 2.31. The molecule has 0 aliphatic carbocycles. The molecule has 0 saturated heterocycles. The van der Waals surface area contributed by atoms with Crippen molar-refractivity contribution in [1.29, 1.82) is 0 Å². The van der Waals surface area contributed by atoms with E-state index in [1.165, 1.54) is 0 Å². The van der Waals surface area contributed by atoms with E-state index in [0.29, 0.717) is 16.0 Å². The third-order valence-corrected chi connectivity index (χ3v) is 3.48. The summed E-state index contributed by atoms with van der Waals surface area (Å²) in [6.07, 6.45) is 1.02. The van der Waals surface area contributed by atoms with E-state index in [1.54, 1.807) is 13.2 Å². The molecule has 1 heterocycles. The van der Waals surface area contributed by atoms with Crippen molar-refractivity contribution in [3.05, 3.63) is 51.9 Å². The molecule has 2 aromatic rings. The fraction of sp³-hybridized carbons (Fsp3) is 0.333. The molecule has 0 fully saturated rings. The second-order valence-corrected chi connectivity index (χ2v) is 5.20. The Kier molecular flexibility index (Phi) is 5.35. The van der Waals surface area contributed by atoms with Gasteiger partial charge in [-0.2, -0.15) is 0 Å². The Labute approximate surface area is 128 Å². The molecule has 0 saturated carbocycles. The third kappa shape index (κ3) is 3.48. The number of rotatable bonds is 6. The van der Waals surface area contributed by atoms with Crippen molar-refractivity contribution in [2.24, 2.45) is 0 Å². The van der Waals surface area contributed by atoms with Crippen molar-refractivity contribution in [2.45, 2.75) is 19.4 Å². The highest BCUT2D eigenvalue weighted by Gasteiger charge is 2.18. The number of benzene rings is 1. The van der Waals surface area contributed by atoms with Crippen molar-refractivity contribution in [3.63, 3.8) is 0 Å². The zero-order valence-corrected chi connectivity index (χ0v) is 13.0. The molecule has 3 nitrogen and oxygen atoms in total. The van der Waals surface area contributed by atoms with Crippen molar-refractivity contribution in [3.8, 4) is 5.75 Å². The van der Waals surface area contributed by atoms with Crippen LogP contribution in [0.25, 0.3) is 0 Å². The van der Waals surface area contributed by atoms with Gasteiger partial charge in [-0.15, -0.1) is 0 Å². The standard InChI is InChI=1S/C15H17Cl2NO2/c1-3-8-18-15(13-6-7-14(17)20-13)10-4-5-12(19-2)11(16)9-10/h4-7,9,15,18H,3,8H2,1-2H3. The number of nitrogens with one attached hydrogen (secondary N) is 1. The summed E-state index contributed by atoms with van der Waals surface area (Å²) in [5, 5.41) is 4.38. The third-order valence-electron chi connectivity index (χ3n) is 2.99. The predicted octanol–water partition coefficient (Wildman–Crippen LogP) is 4.68. The van der Waals surface area contributed by atoms with Gasteiger partial charge in [-0.3, -0.25) is 0 Å². The molecule has 2 rings (SSSR count). The summed E-state index contributed by atoms with van der Waals surface area (Å²) >= 11 is 12.1. The lowest BCUT2D eigenvalue weighted by Crippen LogP contribution is -2.22. The van der Waals surface area contributed by atoms with Crippen LogP contribution in [0.15, 0.2) is 34.7 Å². The van der Waals surface area contributed by atoms with Gasteiger partial charge in [-0.1, -0.05) is 24.6 Å². The number of hydrogen-bond acceptors (Lipinski definition) is 3. The van der Waals surface area contributed by atoms with Crippen LogP contribution in [-0.2, 0) is 0 Å². The van der Waals surface area contributed by atoms with Gasteiger partial charge in [0, 0.05) is 0 Å². The zero-order valence-electron chi connectivity index (χ0n) is 11.5. The van der Waals surface area contributed by atoms with E-state index >= 15 is 0 Å². The van der Waals surface area contributed by atoms with E-state index in [-0.39, 0.29) is 6.04 Å². The minimum atomic E-state index is -0.0779. The Morgan fingerprint density at radius 1 is 1.25 bits per heavy atom. The quantitative estimate of drug-likeness (QED) is 0.840. The van der Waals surface area contributed by atoms with Gasteiger partial charge < -0.3 is 14.5 Å². The molecule has 108 valence electrons. The molecule has 20 heavy (non-hydrogen) atoms. The number of hydrogen-bond donors (Lipinski definition) is 1. The van der Waals surface area contributed by atoms with Crippen LogP contribution in [0.2, 0.25) is 10.2 Å². The predicted molar refractivity (Wildman–Crippen MR) is 81.9 cm³/mol. The van der Waals surface area contributed by atoms with E-state index in [9.17, 15) is 0 Å². The first-order valence-electron chi connectivity index (χ1n) is 6.47. The van der Waals surface area contributed by atoms with Crippen LogP contribution in [0.1, 0.15) is 30.7 Å². The van der Waals surface area contributed by atoms with Gasteiger partial charge in [0.15, 0.2) is 5.22 Å². The second kappa shape index (κ2) is 7.02. The van der Waals surface area contributed by atoms with E-state index in [4.69, 9.17) is 32.4 Å². The zero-order chi connectivity index (χ0) is 14.5. The highest BCUT2D eigenvalue weighted by atomic mass is 35.5. The van der Waals surface area contributed by atoms with E-state index in [1.807, 2.05) is 24.3 Å².